The van der Waals surface area contributed by atoms with E-state index in [0.717, 1.165) is 4.57 Å². The predicted molar refractivity (Wildman–Crippen MR) is 75.0 cm³/mol. The first-order valence-electron chi connectivity index (χ1n) is 6.43. The summed E-state index contributed by atoms with van der Waals surface area (Å²) in [6.07, 6.45) is 0.551. The zero-order valence-corrected chi connectivity index (χ0v) is 11.3. The van der Waals surface area contributed by atoms with Crippen molar-refractivity contribution < 1.29 is 9.90 Å². The summed E-state index contributed by atoms with van der Waals surface area (Å²) < 4.78 is 0.804. The lowest BCUT2D eigenvalue weighted by Crippen LogP contribution is -2.43. The maximum absolute atomic E-state index is 12.4. The Kier molecular flexibility index (Phi) is 3.74. The molecule has 1 heterocycles. The summed E-state index contributed by atoms with van der Waals surface area (Å²) in [6, 6.07) is 5.39. The predicted octanol–water partition coefficient (Wildman–Crippen LogP) is 1.36. The summed E-state index contributed by atoms with van der Waals surface area (Å²) in [5, 5.41) is 9.64. The fourth-order valence-electron chi connectivity index (χ4n) is 2.26. The van der Waals surface area contributed by atoms with Crippen molar-refractivity contribution in [3.05, 3.63) is 45.1 Å². The molecule has 0 fully saturated rings. The molecule has 2 atom stereocenters. The SMILES string of the molecule is CCC(C)[C@@H](C(=O)O)n1c(=O)[nH]c2ccccc2c1=O. The van der Waals surface area contributed by atoms with E-state index in [1.807, 2.05) is 6.92 Å². The van der Waals surface area contributed by atoms with Gasteiger partial charge in [-0.3, -0.25) is 4.79 Å². The molecule has 6 heteroatoms. The molecule has 0 amide bonds. The van der Waals surface area contributed by atoms with Gasteiger partial charge in [-0.2, -0.15) is 0 Å². The first kappa shape index (κ1) is 14.0. The number of rotatable bonds is 4. The molecule has 0 radical (unpaired) electrons. The smallest absolute Gasteiger partial charge is 0.329 e. The van der Waals surface area contributed by atoms with Crippen molar-refractivity contribution in [2.24, 2.45) is 5.92 Å². The first-order valence-corrected chi connectivity index (χ1v) is 6.43. The minimum atomic E-state index is -1.18. The number of carboxylic acids is 1. The molecule has 0 aliphatic rings. The molecule has 106 valence electrons. The molecule has 0 saturated heterocycles. The minimum Gasteiger partial charge on any atom is -0.480 e. The van der Waals surface area contributed by atoms with Gasteiger partial charge in [-0.15, -0.1) is 0 Å². The standard InChI is InChI=1S/C14H16N2O4/c1-3-8(2)11(13(18)19)16-12(17)9-6-4-5-7-10(9)15-14(16)20/h4-8,11H,3H2,1-2H3,(H,15,20)(H,18,19)/t8?,11-/m0/s1. The van der Waals surface area contributed by atoms with Crippen LogP contribution in [0.1, 0.15) is 26.3 Å². The lowest BCUT2D eigenvalue weighted by atomic mass is 9.99. The third kappa shape index (κ3) is 2.24. The number of aromatic nitrogens is 2. The maximum atomic E-state index is 12.4. The number of nitrogens with zero attached hydrogens (tertiary/aromatic N) is 1. The average Bonchev–Trinajstić information content (AvgIpc) is 2.42. The third-order valence-electron chi connectivity index (χ3n) is 3.55. The monoisotopic (exact) mass is 276 g/mol. The maximum Gasteiger partial charge on any atom is 0.329 e. The Bertz CT molecular complexity index is 760. The van der Waals surface area contributed by atoms with Gasteiger partial charge < -0.3 is 10.1 Å². The van der Waals surface area contributed by atoms with E-state index >= 15 is 0 Å². The quantitative estimate of drug-likeness (QED) is 0.882. The second-order valence-corrected chi connectivity index (χ2v) is 4.82. The van der Waals surface area contributed by atoms with Gasteiger partial charge in [0.2, 0.25) is 0 Å². The number of aliphatic carboxylic acids is 1. The van der Waals surface area contributed by atoms with Crippen molar-refractivity contribution in [3.8, 4) is 0 Å². The Labute approximate surface area is 114 Å². The summed E-state index contributed by atoms with van der Waals surface area (Å²) in [5.74, 6) is -1.50. The zero-order valence-electron chi connectivity index (χ0n) is 11.3. The van der Waals surface area contributed by atoms with Gasteiger partial charge in [-0.25, -0.2) is 14.2 Å². The molecule has 1 aromatic carbocycles. The van der Waals surface area contributed by atoms with E-state index in [9.17, 15) is 19.5 Å². The Morgan fingerprint density at radius 3 is 2.60 bits per heavy atom. The number of para-hydroxylation sites is 1. The Morgan fingerprint density at radius 2 is 2.00 bits per heavy atom. The second kappa shape index (κ2) is 5.32. The van der Waals surface area contributed by atoms with Crippen LogP contribution in [0.5, 0.6) is 0 Å². The highest BCUT2D eigenvalue weighted by molar-refractivity contribution is 5.78. The molecule has 0 saturated carbocycles. The number of carboxylic acid groups (broad SMARTS) is 1. The van der Waals surface area contributed by atoms with Crippen LogP contribution in [0.3, 0.4) is 0 Å². The van der Waals surface area contributed by atoms with Gasteiger partial charge in [0.1, 0.15) is 6.04 Å². The van der Waals surface area contributed by atoms with Crippen LogP contribution in [0.4, 0.5) is 0 Å². The van der Waals surface area contributed by atoms with Gasteiger partial charge in [0.15, 0.2) is 0 Å². The molecule has 2 aromatic rings. The summed E-state index contributed by atoms with van der Waals surface area (Å²) in [5.41, 5.74) is -0.856. The molecule has 2 rings (SSSR count). The lowest BCUT2D eigenvalue weighted by molar-refractivity contribution is -0.142. The Hall–Kier alpha value is -2.37. The molecule has 1 unspecified atom stereocenters. The fourth-order valence-corrected chi connectivity index (χ4v) is 2.26. The van der Waals surface area contributed by atoms with Crippen LogP contribution in [-0.2, 0) is 4.79 Å². The highest BCUT2D eigenvalue weighted by Gasteiger charge is 2.28. The molecular weight excluding hydrogens is 260 g/mol. The van der Waals surface area contributed by atoms with Gasteiger partial charge in [0.05, 0.1) is 10.9 Å². The fraction of sp³-hybridized carbons (Fsp3) is 0.357. The van der Waals surface area contributed by atoms with Gasteiger partial charge in [-0.1, -0.05) is 32.4 Å². The van der Waals surface area contributed by atoms with Crippen LogP contribution in [0, 0.1) is 5.92 Å². The zero-order chi connectivity index (χ0) is 14.9. The molecule has 6 nitrogen and oxygen atoms in total. The number of H-pyrrole nitrogens is 1. The summed E-state index contributed by atoms with van der Waals surface area (Å²) >= 11 is 0. The molecule has 2 N–H and O–H groups in total. The van der Waals surface area contributed by atoms with Crippen molar-refractivity contribution in [3.63, 3.8) is 0 Å². The average molecular weight is 276 g/mol. The molecule has 0 bridgehead atoms. The Morgan fingerprint density at radius 1 is 1.35 bits per heavy atom. The van der Waals surface area contributed by atoms with Gasteiger partial charge in [-0.05, 0) is 18.1 Å². The van der Waals surface area contributed by atoms with Crippen LogP contribution in [0.25, 0.3) is 10.9 Å². The number of hydrogen-bond donors (Lipinski definition) is 2. The van der Waals surface area contributed by atoms with Crippen molar-refractivity contribution in [1.29, 1.82) is 0 Å². The molecule has 0 aliphatic carbocycles. The van der Waals surface area contributed by atoms with E-state index in [2.05, 4.69) is 4.98 Å². The second-order valence-electron chi connectivity index (χ2n) is 4.82. The number of benzene rings is 1. The van der Waals surface area contributed by atoms with Gasteiger partial charge in [0.25, 0.3) is 5.56 Å². The van der Waals surface area contributed by atoms with Crippen molar-refractivity contribution >= 4 is 16.9 Å². The first-order chi connectivity index (χ1) is 9.47. The molecule has 0 spiro atoms. The van der Waals surface area contributed by atoms with Crippen molar-refractivity contribution in [2.45, 2.75) is 26.3 Å². The molecule has 20 heavy (non-hydrogen) atoms. The number of nitrogens with one attached hydrogen (secondary N) is 1. The third-order valence-corrected chi connectivity index (χ3v) is 3.55. The number of carbonyl (C=O) groups is 1. The van der Waals surface area contributed by atoms with Gasteiger partial charge in [0, 0.05) is 0 Å². The summed E-state index contributed by atoms with van der Waals surface area (Å²) in [7, 11) is 0. The van der Waals surface area contributed by atoms with Crippen molar-refractivity contribution in [1.82, 2.24) is 9.55 Å². The molecular formula is C14H16N2O4. The largest absolute Gasteiger partial charge is 0.480 e. The molecule has 0 aliphatic heterocycles. The highest BCUT2D eigenvalue weighted by Crippen LogP contribution is 2.19. The van der Waals surface area contributed by atoms with Crippen LogP contribution < -0.4 is 11.2 Å². The van der Waals surface area contributed by atoms with Crippen LogP contribution in [0.15, 0.2) is 33.9 Å². The van der Waals surface area contributed by atoms with E-state index in [0.29, 0.717) is 17.3 Å². The number of fused-ring (bicyclic) bond motifs is 1. The lowest BCUT2D eigenvalue weighted by Gasteiger charge is -2.20. The summed E-state index contributed by atoms with van der Waals surface area (Å²) in [6.45, 7) is 3.53. The normalized spacial score (nSPS) is 14.1. The van der Waals surface area contributed by atoms with Crippen LogP contribution in [0.2, 0.25) is 0 Å². The minimum absolute atomic E-state index is 0.307. The van der Waals surface area contributed by atoms with Gasteiger partial charge >= 0.3 is 11.7 Å². The van der Waals surface area contributed by atoms with E-state index in [1.165, 1.54) is 0 Å². The number of aromatic amines is 1. The van der Waals surface area contributed by atoms with E-state index in [-0.39, 0.29) is 5.92 Å². The summed E-state index contributed by atoms with van der Waals surface area (Å²) in [4.78, 5) is 38.4. The van der Waals surface area contributed by atoms with E-state index in [4.69, 9.17) is 0 Å². The Balaban J connectivity index is 2.79. The molecule has 1 aromatic heterocycles. The van der Waals surface area contributed by atoms with Crippen molar-refractivity contribution in [2.75, 3.05) is 0 Å². The van der Waals surface area contributed by atoms with Crippen LogP contribution in [-0.4, -0.2) is 20.6 Å². The van der Waals surface area contributed by atoms with E-state index < -0.39 is 23.3 Å². The number of hydrogen-bond acceptors (Lipinski definition) is 3. The van der Waals surface area contributed by atoms with E-state index in [1.54, 1.807) is 31.2 Å². The van der Waals surface area contributed by atoms with Crippen LogP contribution >= 0.6 is 0 Å². The highest BCUT2D eigenvalue weighted by atomic mass is 16.4. The topological polar surface area (TPSA) is 92.2 Å².